The second-order valence-electron chi connectivity index (χ2n) is 5.66. The van der Waals surface area contributed by atoms with E-state index in [4.69, 9.17) is 0 Å². The normalized spacial score (nSPS) is 18.1. The first-order valence-corrected chi connectivity index (χ1v) is 6.58. The Bertz CT molecular complexity index is 369. The van der Waals surface area contributed by atoms with Gasteiger partial charge in [-0.15, -0.1) is 0 Å². The minimum Gasteiger partial charge on any atom is -0.314 e. The van der Waals surface area contributed by atoms with Crippen LogP contribution in [0.1, 0.15) is 38.7 Å². The third-order valence-corrected chi connectivity index (χ3v) is 3.82. The number of rotatable bonds is 5. The van der Waals surface area contributed by atoms with Crippen LogP contribution in [0, 0.1) is 11.2 Å². The van der Waals surface area contributed by atoms with Crippen molar-refractivity contribution in [1.82, 2.24) is 5.32 Å². The third kappa shape index (κ3) is 3.06. The minimum absolute atomic E-state index is 0.0525. The largest absolute Gasteiger partial charge is 0.314 e. The summed E-state index contributed by atoms with van der Waals surface area (Å²) in [5.74, 6) is -0.0525. The Hall–Kier alpha value is -0.890. The van der Waals surface area contributed by atoms with Crippen LogP contribution in [0.4, 0.5) is 4.39 Å². The van der Waals surface area contributed by atoms with Crippen LogP contribution in [0.3, 0.4) is 0 Å². The molecule has 1 aromatic carbocycles. The Morgan fingerprint density at radius 2 is 2.00 bits per heavy atom. The Morgan fingerprint density at radius 3 is 2.53 bits per heavy atom. The molecule has 1 fully saturated rings. The Labute approximate surface area is 103 Å². The van der Waals surface area contributed by atoms with Crippen LogP contribution in [0.25, 0.3) is 0 Å². The van der Waals surface area contributed by atoms with Crippen LogP contribution in [0.5, 0.6) is 0 Å². The molecule has 1 saturated carbocycles. The monoisotopic (exact) mass is 235 g/mol. The second-order valence-corrected chi connectivity index (χ2v) is 5.66. The highest BCUT2D eigenvalue weighted by Gasteiger charge is 2.37. The minimum atomic E-state index is -0.0525. The van der Waals surface area contributed by atoms with Crippen LogP contribution in [0.2, 0.25) is 0 Å². The SMILES string of the molecule is CC(C)NCC1(Cc2ccccc2F)CCC1. The van der Waals surface area contributed by atoms with Crippen molar-refractivity contribution in [3.05, 3.63) is 35.6 Å². The molecule has 1 aliphatic carbocycles. The summed E-state index contributed by atoms with van der Waals surface area (Å²) < 4.78 is 13.7. The molecule has 2 rings (SSSR count). The van der Waals surface area contributed by atoms with Gasteiger partial charge in [0.25, 0.3) is 0 Å². The standard InChI is InChI=1S/C15H22FN/c1-12(2)17-11-15(8-5-9-15)10-13-6-3-4-7-14(13)16/h3-4,6-7,12,17H,5,8-11H2,1-2H3. The maximum atomic E-state index is 13.7. The van der Waals surface area contributed by atoms with Crippen molar-refractivity contribution in [3.8, 4) is 0 Å². The summed E-state index contributed by atoms with van der Waals surface area (Å²) in [6.07, 6.45) is 4.61. The smallest absolute Gasteiger partial charge is 0.126 e. The number of nitrogens with one attached hydrogen (secondary N) is 1. The van der Waals surface area contributed by atoms with Gasteiger partial charge in [-0.25, -0.2) is 4.39 Å². The molecule has 0 amide bonds. The molecule has 1 nitrogen and oxygen atoms in total. The fourth-order valence-corrected chi connectivity index (χ4v) is 2.56. The molecule has 1 aliphatic rings. The summed E-state index contributed by atoms with van der Waals surface area (Å²) in [4.78, 5) is 0. The van der Waals surface area contributed by atoms with E-state index in [1.165, 1.54) is 19.3 Å². The third-order valence-electron chi connectivity index (χ3n) is 3.82. The van der Waals surface area contributed by atoms with Gasteiger partial charge >= 0.3 is 0 Å². The number of benzene rings is 1. The fourth-order valence-electron chi connectivity index (χ4n) is 2.56. The average molecular weight is 235 g/mol. The molecule has 94 valence electrons. The molecule has 0 saturated heterocycles. The van der Waals surface area contributed by atoms with Crippen LogP contribution in [-0.2, 0) is 6.42 Å². The second kappa shape index (κ2) is 5.18. The van der Waals surface area contributed by atoms with Gasteiger partial charge in [0.1, 0.15) is 5.82 Å². The van der Waals surface area contributed by atoms with Gasteiger partial charge in [0, 0.05) is 12.6 Å². The van der Waals surface area contributed by atoms with Crippen LogP contribution < -0.4 is 5.32 Å². The quantitative estimate of drug-likeness (QED) is 0.823. The zero-order valence-electron chi connectivity index (χ0n) is 10.8. The predicted octanol–water partition coefficient (Wildman–Crippen LogP) is 3.54. The van der Waals surface area contributed by atoms with E-state index in [0.717, 1.165) is 18.5 Å². The fraction of sp³-hybridized carbons (Fsp3) is 0.600. The summed E-state index contributed by atoms with van der Waals surface area (Å²) in [5.41, 5.74) is 1.17. The Morgan fingerprint density at radius 1 is 1.29 bits per heavy atom. The first-order valence-electron chi connectivity index (χ1n) is 6.58. The molecule has 1 aromatic rings. The van der Waals surface area contributed by atoms with Crippen molar-refractivity contribution in [2.75, 3.05) is 6.54 Å². The summed E-state index contributed by atoms with van der Waals surface area (Å²) in [6.45, 7) is 5.34. The molecule has 0 atom stereocenters. The van der Waals surface area contributed by atoms with E-state index >= 15 is 0 Å². The maximum Gasteiger partial charge on any atom is 0.126 e. The first-order chi connectivity index (χ1) is 8.11. The van der Waals surface area contributed by atoms with Gasteiger partial charge in [-0.3, -0.25) is 0 Å². The summed E-state index contributed by atoms with van der Waals surface area (Å²) in [6, 6.07) is 7.69. The van der Waals surface area contributed by atoms with E-state index in [2.05, 4.69) is 19.2 Å². The van der Waals surface area contributed by atoms with Crippen LogP contribution >= 0.6 is 0 Å². The van der Waals surface area contributed by atoms with Crippen LogP contribution in [0.15, 0.2) is 24.3 Å². The van der Waals surface area contributed by atoms with Crippen LogP contribution in [-0.4, -0.2) is 12.6 Å². The zero-order chi connectivity index (χ0) is 12.3. The maximum absolute atomic E-state index is 13.7. The van der Waals surface area contributed by atoms with E-state index in [0.29, 0.717) is 11.5 Å². The predicted molar refractivity (Wildman–Crippen MR) is 69.5 cm³/mol. The van der Waals surface area contributed by atoms with E-state index in [1.807, 2.05) is 12.1 Å². The molecule has 0 bridgehead atoms. The van der Waals surface area contributed by atoms with E-state index in [-0.39, 0.29) is 5.82 Å². The first kappa shape index (κ1) is 12.6. The van der Waals surface area contributed by atoms with Gasteiger partial charge in [0.05, 0.1) is 0 Å². The molecule has 2 heteroatoms. The van der Waals surface area contributed by atoms with Gasteiger partial charge in [-0.1, -0.05) is 38.5 Å². The molecule has 17 heavy (non-hydrogen) atoms. The van der Waals surface area contributed by atoms with Crippen molar-refractivity contribution >= 4 is 0 Å². The highest BCUT2D eigenvalue weighted by atomic mass is 19.1. The van der Waals surface area contributed by atoms with Gasteiger partial charge in [0.15, 0.2) is 0 Å². The summed E-state index contributed by atoms with van der Waals surface area (Å²) in [7, 11) is 0. The molecule has 0 aromatic heterocycles. The molecular weight excluding hydrogens is 213 g/mol. The van der Waals surface area contributed by atoms with E-state index in [9.17, 15) is 4.39 Å². The lowest BCUT2D eigenvalue weighted by Gasteiger charge is -2.43. The van der Waals surface area contributed by atoms with E-state index in [1.54, 1.807) is 12.1 Å². The van der Waals surface area contributed by atoms with Crippen molar-refractivity contribution in [1.29, 1.82) is 0 Å². The number of halogens is 1. The van der Waals surface area contributed by atoms with Crippen molar-refractivity contribution in [2.24, 2.45) is 5.41 Å². The molecule has 0 spiro atoms. The van der Waals surface area contributed by atoms with Gasteiger partial charge in [-0.2, -0.15) is 0 Å². The molecule has 0 aliphatic heterocycles. The lowest BCUT2D eigenvalue weighted by Crippen LogP contribution is -2.43. The number of hydrogen-bond donors (Lipinski definition) is 1. The van der Waals surface area contributed by atoms with Crippen molar-refractivity contribution in [3.63, 3.8) is 0 Å². The molecule has 0 radical (unpaired) electrons. The summed E-state index contributed by atoms with van der Waals surface area (Å²) in [5, 5.41) is 3.51. The van der Waals surface area contributed by atoms with E-state index < -0.39 is 0 Å². The van der Waals surface area contributed by atoms with Gasteiger partial charge in [-0.05, 0) is 36.3 Å². The zero-order valence-corrected chi connectivity index (χ0v) is 10.8. The average Bonchev–Trinajstić information content (AvgIpc) is 2.24. The number of hydrogen-bond acceptors (Lipinski definition) is 1. The van der Waals surface area contributed by atoms with Gasteiger partial charge < -0.3 is 5.32 Å². The molecule has 1 N–H and O–H groups in total. The Kier molecular flexibility index (Phi) is 3.82. The van der Waals surface area contributed by atoms with Crippen molar-refractivity contribution in [2.45, 2.75) is 45.6 Å². The molecular formula is C15H22FN. The highest BCUT2D eigenvalue weighted by molar-refractivity contribution is 5.20. The lowest BCUT2D eigenvalue weighted by atomic mass is 9.65. The molecule has 0 unspecified atom stereocenters. The summed E-state index contributed by atoms with van der Waals surface area (Å²) >= 11 is 0. The lowest BCUT2D eigenvalue weighted by molar-refractivity contribution is 0.125. The Balaban J connectivity index is 2.02. The topological polar surface area (TPSA) is 12.0 Å². The molecule has 0 heterocycles. The highest BCUT2D eigenvalue weighted by Crippen LogP contribution is 2.43. The van der Waals surface area contributed by atoms with Crippen molar-refractivity contribution < 1.29 is 4.39 Å². The van der Waals surface area contributed by atoms with Gasteiger partial charge in [0.2, 0.25) is 0 Å².